The fraction of sp³-hybridized carbons (Fsp3) is 0. The molecule has 78 valence electrons. The minimum Gasteiger partial charge on any atom is -0.507 e. The van der Waals surface area contributed by atoms with Crippen molar-refractivity contribution in [3.63, 3.8) is 0 Å². The molecule has 4 heteroatoms. The number of phenols is 1. The Hall–Kier alpha value is -2.36. The largest absolute Gasteiger partial charge is 0.507 e. The van der Waals surface area contributed by atoms with Crippen LogP contribution in [0.3, 0.4) is 0 Å². The zero-order valence-electron chi connectivity index (χ0n) is 8.41. The SMILES string of the molecule is Oc1ccccc1-c1nnc2ccccn12. The summed E-state index contributed by atoms with van der Waals surface area (Å²) in [5.74, 6) is 0.856. The molecule has 16 heavy (non-hydrogen) atoms. The van der Waals surface area contributed by atoms with Crippen LogP contribution in [0.2, 0.25) is 0 Å². The minimum absolute atomic E-state index is 0.209. The van der Waals surface area contributed by atoms with E-state index in [4.69, 9.17) is 0 Å². The average Bonchev–Trinajstić information content (AvgIpc) is 2.74. The second-order valence-corrected chi connectivity index (χ2v) is 3.47. The standard InChI is InChI=1S/C12H9N3O/c16-10-6-2-1-5-9(10)12-14-13-11-7-3-4-8-15(11)12/h1-8,16H. The molecule has 0 aliphatic rings. The van der Waals surface area contributed by atoms with Gasteiger partial charge in [-0.05, 0) is 24.3 Å². The highest BCUT2D eigenvalue weighted by molar-refractivity contribution is 5.65. The number of aromatic nitrogens is 3. The average molecular weight is 211 g/mol. The number of phenolic OH excluding ortho intramolecular Hbond substituents is 1. The van der Waals surface area contributed by atoms with Crippen molar-refractivity contribution in [2.75, 3.05) is 0 Å². The van der Waals surface area contributed by atoms with Crippen molar-refractivity contribution >= 4 is 5.65 Å². The Morgan fingerprint density at radius 3 is 2.62 bits per heavy atom. The lowest BCUT2D eigenvalue weighted by molar-refractivity contribution is 0.477. The Kier molecular flexibility index (Phi) is 1.86. The van der Waals surface area contributed by atoms with Crippen LogP contribution < -0.4 is 0 Å². The lowest BCUT2D eigenvalue weighted by Gasteiger charge is -2.01. The van der Waals surface area contributed by atoms with E-state index in [0.29, 0.717) is 11.4 Å². The first-order chi connectivity index (χ1) is 7.86. The van der Waals surface area contributed by atoms with Crippen LogP contribution in [0.5, 0.6) is 5.75 Å². The van der Waals surface area contributed by atoms with E-state index in [0.717, 1.165) is 5.65 Å². The summed E-state index contributed by atoms with van der Waals surface area (Å²) >= 11 is 0. The van der Waals surface area contributed by atoms with Crippen LogP contribution in [0.1, 0.15) is 0 Å². The third-order valence-corrected chi connectivity index (χ3v) is 2.46. The third kappa shape index (κ3) is 1.24. The predicted molar refractivity (Wildman–Crippen MR) is 60.1 cm³/mol. The molecule has 4 nitrogen and oxygen atoms in total. The quantitative estimate of drug-likeness (QED) is 0.670. The van der Waals surface area contributed by atoms with Crippen LogP contribution in [0, 0.1) is 0 Å². The summed E-state index contributed by atoms with van der Waals surface area (Å²) in [5, 5.41) is 17.9. The number of rotatable bonds is 1. The molecule has 0 saturated carbocycles. The van der Waals surface area contributed by atoms with Crippen molar-refractivity contribution in [1.82, 2.24) is 14.6 Å². The summed E-state index contributed by atoms with van der Waals surface area (Å²) in [6.07, 6.45) is 1.87. The van der Waals surface area contributed by atoms with E-state index in [2.05, 4.69) is 10.2 Å². The molecule has 0 saturated heterocycles. The van der Waals surface area contributed by atoms with Gasteiger partial charge < -0.3 is 5.11 Å². The van der Waals surface area contributed by atoms with Gasteiger partial charge >= 0.3 is 0 Å². The number of pyridine rings is 1. The number of para-hydroxylation sites is 1. The summed E-state index contributed by atoms with van der Waals surface area (Å²) in [7, 11) is 0. The highest BCUT2D eigenvalue weighted by Gasteiger charge is 2.10. The Balaban J connectivity index is 2.31. The van der Waals surface area contributed by atoms with Gasteiger partial charge in [-0.2, -0.15) is 0 Å². The van der Waals surface area contributed by atoms with Gasteiger partial charge in [0.15, 0.2) is 11.5 Å². The number of benzene rings is 1. The molecule has 3 aromatic rings. The molecule has 1 N–H and O–H groups in total. The Labute approximate surface area is 91.8 Å². The van der Waals surface area contributed by atoms with E-state index >= 15 is 0 Å². The van der Waals surface area contributed by atoms with Crippen LogP contribution in [0.15, 0.2) is 48.7 Å². The third-order valence-electron chi connectivity index (χ3n) is 2.46. The monoisotopic (exact) mass is 211 g/mol. The van der Waals surface area contributed by atoms with Crippen LogP contribution in [-0.2, 0) is 0 Å². The smallest absolute Gasteiger partial charge is 0.172 e. The second-order valence-electron chi connectivity index (χ2n) is 3.47. The molecule has 2 aromatic heterocycles. The molecule has 0 spiro atoms. The van der Waals surface area contributed by atoms with Gasteiger partial charge in [0.25, 0.3) is 0 Å². The fourth-order valence-corrected chi connectivity index (χ4v) is 1.69. The van der Waals surface area contributed by atoms with Crippen molar-refractivity contribution in [1.29, 1.82) is 0 Å². The number of hydrogen-bond donors (Lipinski definition) is 1. The molecule has 0 fully saturated rings. The highest BCUT2D eigenvalue weighted by Crippen LogP contribution is 2.26. The molecule has 0 radical (unpaired) electrons. The fourth-order valence-electron chi connectivity index (χ4n) is 1.69. The van der Waals surface area contributed by atoms with Gasteiger partial charge in [-0.3, -0.25) is 4.40 Å². The Morgan fingerprint density at radius 2 is 1.75 bits per heavy atom. The summed E-state index contributed by atoms with van der Waals surface area (Å²) in [6, 6.07) is 12.8. The molecule has 0 unspecified atom stereocenters. The summed E-state index contributed by atoms with van der Waals surface area (Å²) < 4.78 is 1.84. The van der Waals surface area contributed by atoms with Gasteiger partial charge in [0.2, 0.25) is 0 Å². The summed E-state index contributed by atoms with van der Waals surface area (Å²) in [4.78, 5) is 0. The molecular formula is C12H9N3O. The van der Waals surface area contributed by atoms with Crippen molar-refractivity contribution in [2.24, 2.45) is 0 Å². The first kappa shape index (κ1) is 8.91. The van der Waals surface area contributed by atoms with E-state index in [1.807, 2.05) is 40.9 Å². The number of hydrogen-bond acceptors (Lipinski definition) is 3. The van der Waals surface area contributed by atoms with E-state index in [-0.39, 0.29) is 5.75 Å². The van der Waals surface area contributed by atoms with Crippen LogP contribution in [0.4, 0.5) is 0 Å². The first-order valence-electron chi connectivity index (χ1n) is 4.94. The number of nitrogens with zero attached hydrogens (tertiary/aromatic N) is 3. The van der Waals surface area contributed by atoms with Gasteiger partial charge in [0.05, 0.1) is 5.56 Å². The molecule has 0 bridgehead atoms. The van der Waals surface area contributed by atoms with Crippen molar-refractivity contribution in [3.05, 3.63) is 48.7 Å². The summed E-state index contributed by atoms with van der Waals surface area (Å²) in [5.41, 5.74) is 1.45. The van der Waals surface area contributed by atoms with Crippen LogP contribution >= 0.6 is 0 Å². The van der Waals surface area contributed by atoms with Crippen LogP contribution in [0.25, 0.3) is 17.0 Å². The van der Waals surface area contributed by atoms with E-state index in [1.165, 1.54) is 0 Å². The van der Waals surface area contributed by atoms with E-state index in [1.54, 1.807) is 12.1 Å². The lowest BCUT2D eigenvalue weighted by Crippen LogP contribution is -1.88. The topological polar surface area (TPSA) is 50.4 Å². The molecule has 1 aromatic carbocycles. The van der Waals surface area contributed by atoms with Gasteiger partial charge in [-0.15, -0.1) is 10.2 Å². The van der Waals surface area contributed by atoms with E-state index < -0.39 is 0 Å². The molecular weight excluding hydrogens is 202 g/mol. The van der Waals surface area contributed by atoms with Crippen molar-refractivity contribution < 1.29 is 5.11 Å². The van der Waals surface area contributed by atoms with Gasteiger partial charge in [0.1, 0.15) is 5.75 Å². The first-order valence-corrected chi connectivity index (χ1v) is 4.94. The second kappa shape index (κ2) is 3.34. The normalized spacial score (nSPS) is 10.8. The zero-order valence-corrected chi connectivity index (χ0v) is 8.41. The maximum absolute atomic E-state index is 9.76. The number of fused-ring (bicyclic) bond motifs is 1. The maximum atomic E-state index is 9.76. The van der Waals surface area contributed by atoms with Crippen molar-refractivity contribution in [3.8, 4) is 17.1 Å². The van der Waals surface area contributed by atoms with Crippen LogP contribution in [-0.4, -0.2) is 19.7 Å². The predicted octanol–water partition coefficient (Wildman–Crippen LogP) is 2.10. The molecule has 2 heterocycles. The number of aromatic hydroxyl groups is 1. The molecule has 0 atom stereocenters. The Morgan fingerprint density at radius 1 is 0.938 bits per heavy atom. The Bertz CT molecular complexity index is 645. The maximum Gasteiger partial charge on any atom is 0.172 e. The molecule has 3 rings (SSSR count). The zero-order chi connectivity index (χ0) is 11.0. The van der Waals surface area contributed by atoms with E-state index in [9.17, 15) is 5.11 Å². The summed E-state index contributed by atoms with van der Waals surface area (Å²) in [6.45, 7) is 0. The van der Waals surface area contributed by atoms with Gasteiger partial charge in [0, 0.05) is 6.20 Å². The van der Waals surface area contributed by atoms with Crippen molar-refractivity contribution in [2.45, 2.75) is 0 Å². The molecule has 0 amide bonds. The molecule has 0 aliphatic carbocycles. The minimum atomic E-state index is 0.209. The lowest BCUT2D eigenvalue weighted by atomic mass is 10.2. The van der Waals surface area contributed by atoms with Gasteiger partial charge in [-0.1, -0.05) is 18.2 Å². The molecule has 0 aliphatic heterocycles. The highest BCUT2D eigenvalue weighted by atomic mass is 16.3. The van der Waals surface area contributed by atoms with Gasteiger partial charge in [-0.25, -0.2) is 0 Å².